The third-order valence-electron chi connectivity index (χ3n) is 5.54. The maximum absolute atomic E-state index is 13.5. The van der Waals surface area contributed by atoms with E-state index in [2.05, 4.69) is 5.32 Å². The van der Waals surface area contributed by atoms with Crippen LogP contribution in [0.4, 0.5) is 11.4 Å². The van der Waals surface area contributed by atoms with Crippen LogP contribution in [0, 0.1) is 13.8 Å². The smallest absolute Gasteiger partial charge is 0.282 e. The van der Waals surface area contributed by atoms with Crippen molar-refractivity contribution < 1.29 is 19.1 Å². The third-order valence-corrected chi connectivity index (χ3v) is 5.54. The average Bonchev–Trinajstić information content (AvgIpc) is 3.33. The predicted octanol–water partition coefficient (Wildman–Crippen LogP) is 4.43. The lowest BCUT2D eigenvalue weighted by atomic mass is 9.99. The van der Waals surface area contributed by atoms with Gasteiger partial charge in [-0.25, -0.2) is 4.90 Å². The first-order valence-corrected chi connectivity index (χ1v) is 9.95. The Hall–Kier alpha value is -4.06. The summed E-state index contributed by atoms with van der Waals surface area (Å²) in [7, 11) is 0. The van der Waals surface area contributed by atoms with Crippen molar-refractivity contribution >= 4 is 28.8 Å². The van der Waals surface area contributed by atoms with E-state index >= 15 is 0 Å². The van der Waals surface area contributed by atoms with E-state index in [1.807, 2.05) is 38.1 Å². The third kappa shape index (κ3) is 3.22. The Morgan fingerprint density at radius 3 is 2.35 bits per heavy atom. The van der Waals surface area contributed by atoms with E-state index in [0.29, 0.717) is 34.0 Å². The molecule has 6 nitrogen and oxygen atoms in total. The van der Waals surface area contributed by atoms with Crippen molar-refractivity contribution in [3.05, 3.63) is 89.1 Å². The predicted molar refractivity (Wildman–Crippen MR) is 118 cm³/mol. The zero-order chi connectivity index (χ0) is 21.5. The first kappa shape index (κ1) is 18.9. The van der Waals surface area contributed by atoms with Gasteiger partial charge in [0.2, 0.25) is 6.79 Å². The summed E-state index contributed by atoms with van der Waals surface area (Å²) in [5, 5.41) is 3.17. The van der Waals surface area contributed by atoms with Crippen molar-refractivity contribution in [1.82, 2.24) is 0 Å². The van der Waals surface area contributed by atoms with Crippen LogP contribution in [0.2, 0.25) is 0 Å². The van der Waals surface area contributed by atoms with Crippen LogP contribution >= 0.6 is 0 Å². The number of fused-ring (bicyclic) bond motifs is 1. The number of carbonyl (C=O) groups is 2. The number of benzene rings is 3. The maximum atomic E-state index is 13.5. The minimum absolute atomic E-state index is 0.161. The molecule has 0 fully saturated rings. The van der Waals surface area contributed by atoms with Gasteiger partial charge in [0.15, 0.2) is 11.5 Å². The summed E-state index contributed by atoms with van der Waals surface area (Å²) in [6, 6.07) is 20.0. The molecule has 0 atom stereocenters. The van der Waals surface area contributed by atoms with Crippen molar-refractivity contribution in [2.24, 2.45) is 0 Å². The van der Waals surface area contributed by atoms with Crippen molar-refractivity contribution in [1.29, 1.82) is 0 Å². The molecule has 2 heterocycles. The number of aryl methyl sites for hydroxylation is 2. The van der Waals surface area contributed by atoms with Crippen molar-refractivity contribution in [3.8, 4) is 11.5 Å². The van der Waals surface area contributed by atoms with Gasteiger partial charge in [-0.05, 0) is 54.8 Å². The Morgan fingerprint density at radius 1 is 0.806 bits per heavy atom. The number of hydrogen-bond donors (Lipinski definition) is 1. The van der Waals surface area contributed by atoms with Crippen LogP contribution in [0.15, 0.2) is 72.4 Å². The number of ether oxygens (including phenoxy) is 2. The first-order chi connectivity index (χ1) is 15.0. The van der Waals surface area contributed by atoms with Crippen LogP contribution < -0.4 is 19.7 Å². The van der Waals surface area contributed by atoms with E-state index in [1.165, 1.54) is 4.90 Å². The van der Waals surface area contributed by atoms with E-state index in [4.69, 9.17) is 9.47 Å². The van der Waals surface area contributed by atoms with Gasteiger partial charge in [-0.3, -0.25) is 9.59 Å². The second-order valence-corrected chi connectivity index (χ2v) is 7.52. The standard InChI is InChI=1S/C25H20N2O4/c1-15-8-9-17(12-16(15)2)22-23(26-18-10-11-20-21(13-18)31-14-30-20)25(29)27(24(22)28)19-6-4-3-5-7-19/h3-13,26H,14H2,1-2H3. The summed E-state index contributed by atoms with van der Waals surface area (Å²) >= 11 is 0. The summed E-state index contributed by atoms with van der Waals surface area (Å²) in [6.07, 6.45) is 0. The molecule has 0 spiro atoms. The topological polar surface area (TPSA) is 67.9 Å². The van der Waals surface area contributed by atoms with Crippen LogP contribution in [0.5, 0.6) is 11.5 Å². The number of amides is 2. The van der Waals surface area contributed by atoms with Gasteiger partial charge in [-0.15, -0.1) is 0 Å². The number of nitrogens with one attached hydrogen (secondary N) is 1. The number of nitrogens with zero attached hydrogens (tertiary/aromatic N) is 1. The molecule has 1 N–H and O–H groups in total. The summed E-state index contributed by atoms with van der Waals surface area (Å²) in [5.41, 5.74) is 4.60. The van der Waals surface area contributed by atoms with E-state index < -0.39 is 5.91 Å². The molecule has 2 aliphatic rings. The molecule has 5 rings (SSSR count). The normalized spacial score (nSPS) is 15.1. The number of rotatable bonds is 4. The summed E-state index contributed by atoms with van der Waals surface area (Å²) < 4.78 is 10.8. The zero-order valence-electron chi connectivity index (χ0n) is 17.1. The zero-order valence-corrected chi connectivity index (χ0v) is 17.1. The molecular weight excluding hydrogens is 392 g/mol. The maximum Gasteiger partial charge on any atom is 0.282 e. The molecule has 0 aliphatic carbocycles. The van der Waals surface area contributed by atoms with Gasteiger partial charge < -0.3 is 14.8 Å². The minimum atomic E-state index is -0.401. The molecule has 0 unspecified atom stereocenters. The summed E-state index contributed by atoms with van der Waals surface area (Å²) in [6.45, 7) is 4.16. The van der Waals surface area contributed by atoms with Gasteiger partial charge in [0, 0.05) is 11.8 Å². The summed E-state index contributed by atoms with van der Waals surface area (Å²) in [4.78, 5) is 28.1. The molecular formula is C25H20N2O4. The lowest BCUT2D eigenvalue weighted by Gasteiger charge is -2.15. The Balaban J connectivity index is 1.61. The fraction of sp³-hybridized carbons (Fsp3) is 0.120. The van der Waals surface area contributed by atoms with Crippen LogP contribution in [-0.4, -0.2) is 18.6 Å². The number of anilines is 2. The van der Waals surface area contributed by atoms with E-state index in [9.17, 15) is 9.59 Å². The number of carbonyl (C=O) groups excluding carboxylic acids is 2. The highest BCUT2D eigenvalue weighted by Crippen LogP contribution is 2.37. The molecule has 0 bridgehead atoms. The fourth-order valence-electron chi connectivity index (χ4n) is 3.74. The van der Waals surface area contributed by atoms with Crippen molar-refractivity contribution in [3.63, 3.8) is 0 Å². The second-order valence-electron chi connectivity index (χ2n) is 7.52. The average molecular weight is 412 g/mol. The molecule has 0 aromatic heterocycles. The molecule has 2 amide bonds. The highest BCUT2D eigenvalue weighted by molar-refractivity contribution is 6.46. The van der Waals surface area contributed by atoms with E-state index in [-0.39, 0.29) is 18.4 Å². The van der Waals surface area contributed by atoms with E-state index in [0.717, 1.165) is 11.1 Å². The SMILES string of the molecule is Cc1ccc(C2=C(Nc3ccc4c(c3)OCO4)C(=O)N(c3ccccc3)C2=O)cc1C. The van der Waals surface area contributed by atoms with Crippen molar-refractivity contribution in [2.45, 2.75) is 13.8 Å². The van der Waals surface area contributed by atoms with Crippen LogP contribution in [0.25, 0.3) is 5.57 Å². The van der Waals surface area contributed by atoms with E-state index in [1.54, 1.807) is 42.5 Å². The molecule has 3 aromatic rings. The van der Waals surface area contributed by atoms with Crippen LogP contribution in [0.1, 0.15) is 16.7 Å². The Bertz CT molecular complexity index is 1250. The summed E-state index contributed by atoms with van der Waals surface area (Å²) in [5.74, 6) is 0.480. The molecule has 2 aliphatic heterocycles. The number of para-hydroxylation sites is 1. The molecule has 0 saturated heterocycles. The molecule has 3 aromatic carbocycles. The van der Waals surface area contributed by atoms with Crippen LogP contribution in [-0.2, 0) is 9.59 Å². The lowest BCUT2D eigenvalue weighted by molar-refractivity contribution is -0.120. The molecule has 0 radical (unpaired) electrons. The van der Waals surface area contributed by atoms with Crippen molar-refractivity contribution in [2.75, 3.05) is 17.0 Å². The highest BCUT2D eigenvalue weighted by Gasteiger charge is 2.40. The quantitative estimate of drug-likeness (QED) is 0.642. The van der Waals surface area contributed by atoms with Gasteiger partial charge in [0.25, 0.3) is 11.8 Å². The monoisotopic (exact) mass is 412 g/mol. The Morgan fingerprint density at radius 2 is 1.58 bits per heavy atom. The molecule has 31 heavy (non-hydrogen) atoms. The minimum Gasteiger partial charge on any atom is -0.454 e. The number of hydrogen-bond acceptors (Lipinski definition) is 5. The number of imide groups is 1. The van der Waals surface area contributed by atoms with Gasteiger partial charge in [-0.1, -0.05) is 36.4 Å². The second kappa shape index (κ2) is 7.32. The fourth-order valence-corrected chi connectivity index (χ4v) is 3.74. The van der Waals surface area contributed by atoms with Crippen LogP contribution in [0.3, 0.4) is 0 Å². The first-order valence-electron chi connectivity index (χ1n) is 9.95. The lowest BCUT2D eigenvalue weighted by Crippen LogP contribution is -2.32. The molecule has 154 valence electrons. The van der Waals surface area contributed by atoms with Gasteiger partial charge in [-0.2, -0.15) is 0 Å². The molecule has 6 heteroatoms. The van der Waals surface area contributed by atoms with Gasteiger partial charge >= 0.3 is 0 Å². The van der Waals surface area contributed by atoms with Gasteiger partial charge in [0.05, 0.1) is 11.3 Å². The Labute approximate surface area is 179 Å². The van der Waals surface area contributed by atoms with Gasteiger partial charge in [0.1, 0.15) is 5.70 Å². The Kier molecular flexibility index (Phi) is 4.47. The largest absolute Gasteiger partial charge is 0.454 e. The highest BCUT2D eigenvalue weighted by atomic mass is 16.7. The molecule has 0 saturated carbocycles.